The van der Waals surface area contributed by atoms with E-state index in [1.54, 1.807) is 12.4 Å². The van der Waals surface area contributed by atoms with Crippen molar-refractivity contribution in [1.29, 1.82) is 0 Å². The summed E-state index contributed by atoms with van der Waals surface area (Å²) in [6.45, 7) is 0. The summed E-state index contributed by atoms with van der Waals surface area (Å²) < 4.78 is 0. The molecule has 0 atom stereocenters. The van der Waals surface area contributed by atoms with Gasteiger partial charge in [-0.15, -0.1) is 0 Å². The van der Waals surface area contributed by atoms with Crippen LogP contribution in [0, 0.1) is 0 Å². The highest BCUT2D eigenvalue weighted by Gasteiger charge is 2.42. The van der Waals surface area contributed by atoms with Crippen LogP contribution in [-0.2, 0) is 5.54 Å². The number of nitrogens with two attached hydrogens (primary N) is 1. The van der Waals surface area contributed by atoms with Crippen LogP contribution in [0.5, 0.6) is 0 Å². The summed E-state index contributed by atoms with van der Waals surface area (Å²) in [5.41, 5.74) is 6.48. The van der Waals surface area contributed by atoms with Gasteiger partial charge >= 0.3 is 0 Å². The Morgan fingerprint density at radius 3 is 2.85 bits per heavy atom. The quantitative estimate of drug-likeness (QED) is 0.709. The molecule has 1 aliphatic rings. The second-order valence-corrected chi connectivity index (χ2v) is 3.98. The van der Waals surface area contributed by atoms with Gasteiger partial charge < -0.3 is 10.8 Å². The molecule has 0 radical (unpaired) electrons. The van der Waals surface area contributed by atoms with Crippen molar-refractivity contribution in [3.05, 3.63) is 29.0 Å². The lowest BCUT2D eigenvalue weighted by atomic mass is 9.71. The molecule has 1 heterocycles. The summed E-state index contributed by atoms with van der Waals surface area (Å²) in [5, 5.41) is 9.78. The fraction of sp³-hybridized carbons (Fsp3) is 0.444. The van der Waals surface area contributed by atoms with Crippen molar-refractivity contribution >= 4 is 11.6 Å². The minimum atomic E-state index is -0.445. The van der Waals surface area contributed by atoms with Crippen LogP contribution in [0.25, 0.3) is 0 Å². The summed E-state index contributed by atoms with van der Waals surface area (Å²) >= 11 is 5.94. The molecule has 1 aromatic heterocycles. The van der Waals surface area contributed by atoms with Crippen LogP contribution >= 0.6 is 11.6 Å². The molecule has 1 aromatic rings. The van der Waals surface area contributed by atoms with Gasteiger partial charge in [0.25, 0.3) is 0 Å². The second-order valence-electron chi connectivity index (χ2n) is 3.57. The molecule has 0 aromatic carbocycles. The molecule has 1 saturated carbocycles. The molecule has 4 heteroatoms. The Morgan fingerprint density at radius 2 is 2.31 bits per heavy atom. The van der Waals surface area contributed by atoms with Crippen LogP contribution in [0.4, 0.5) is 0 Å². The molecule has 0 amide bonds. The molecule has 0 spiro atoms. The van der Waals surface area contributed by atoms with E-state index in [4.69, 9.17) is 17.3 Å². The number of halogens is 1. The summed E-state index contributed by atoms with van der Waals surface area (Å²) in [7, 11) is 0. The SMILES string of the molecule is NC1(c2ccncc2Cl)CC(O)C1. The lowest BCUT2D eigenvalue weighted by Crippen LogP contribution is -2.51. The van der Waals surface area contributed by atoms with Gasteiger partial charge in [-0.1, -0.05) is 11.6 Å². The summed E-state index contributed by atoms with van der Waals surface area (Å²) in [6.07, 6.45) is 4.12. The molecule has 3 nitrogen and oxygen atoms in total. The van der Waals surface area contributed by atoms with Crippen molar-refractivity contribution in [2.45, 2.75) is 24.5 Å². The maximum atomic E-state index is 9.20. The van der Waals surface area contributed by atoms with Crippen molar-refractivity contribution < 1.29 is 5.11 Å². The number of pyridine rings is 1. The maximum absolute atomic E-state index is 9.20. The van der Waals surface area contributed by atoms with E-state index in [1.165, 1.54) is 0 Å². The average molecular weight is 199 g/mol. The van der Waals surface area contributed by atoms with Gasteiger partial charge in [0.1, 0.15) is 0 Å². The molecule has 2 rings (SSSR count). The smallest absolute Gasteiger partial charge is 0.0639 e. The van der Waals surface area contributed by atoms with Crippen LogP contribution in [0.15, 0.2) is 18.5 Å². The van der Waals surface area contributed by atoms with Crippen molar-refractivity contribution in [1.82, 2.24) is 4.98 Å². The fourth-order valence-corrected chi connectivity index (χ4v) is 2.09. The third-order valence-electron chi connectivity index (χ3n) is 2.51. The van der Waals surface area contributed by atoms with Crippen LogP contribution < -0.4 is 5.73 Å². The molecular weight excluding hydrogens is 188 g/mol. The molecule has 1 aliphatic carbocycles. The number of aliphatic hydroxyl groups is 1. The van der Waals surface area contributed by atoms with Gasteiger partial charge in [-0.25, -0.2) is 0 Å². The number of aliphatic hydroxyl groups excluding tert-OH is 1. The standard InChI is InChI=1S/C9H11ClN2O/c10-8-5-12-2-1-7(8)9(11)3-6(13)4-9/h1-2,5-6,13H,3-4,11H2. The van der Waals surface area contributed by atoms with Crippen LogP contribution in [0.1, 0.15) is 18.4 Å². The molecule has 70 valence electrons. The normalized spacial score (nSPS) is 32.7. The van der Waals surface area contributed by atoms with Gasteiger partial charge in [-0.05, 0) is 24.5 Å². The number of rotatable bonds is 1. The van der Waals surface area contributed by atoms with E-state index in [0.717, 1.165) is 5.56 Å². The first-order valence-corrected chi connectivity index (χ1v) is 4.56. The first-order valence-electron chi connectivity index (χ1n) is 4.19. The van der Waals surface area contributed by atoms with E-state index >= 15 is 0 Å². The molecule has 0 bridgehead atoms. The molecule has 0 saturated heterocycles. The number of nitrogens with zero attached hydrogens (tertiary/aromatic N) is 1. The third kappa shape index (κ3) is 1.43. The van der Waals surface area contributed by atoms with E-state index < -0.39 is 5.54 Å². The average Bonchev–Trinajstić information content (AvgIpc) is 2.02. The van der Waals surface area contributed by atoms with Gasteiger partial charge in [-0.3, -0.25) is 4.98 Å². The summed E-state index contributed by atoms with van der Waals surface area (Å²) in [5.74, 6) is 0. The minimum Gasteiger partial charge on any atom is -0.393 e. The highest BCUT2D eigenvalue weighted by molar-refractivity contribution is 6.31. The lowest BCUT2D eigenvalue weighted by Gasteiger charge is -2.42. The predicted octanol–water partition coefficient (Wildman–Crippen LogP) is 1.04. The highest BCUT2D eigenvalue weighted by Crippen LogP contribution is 2.41. The Bertz CT molecular complexity index is 323. The van der Waals surface area contributed by atoms with E-state index in [2.05, 4.69) is 4.98 Å². The van der Waals surface area contributed by atoms with Crippen LogP contribution in [-0.4, -0.2) is 16.2 Å². The zero-order chi connectivity index (χ0) is 9.47. The molecule has 0 unspecified atom stereocenters. The second kappa shape index (κ2) is 2.94. The third-order valence-corrected chi connectivity index (χ3v) is 2.81. The van der Waals surface area contributed by atoms with Gasteiger partial charge in [-0.2, -0.15) is 0 Å². The highest BCUT2D eigenvalue weighted by atomic mass is 35.5. The van der Waals surface area contributed by atoms with E-state index in [0.29, 0.717) is 17.9 Å². The molecule has 1 fully saturated rings. The predicted molar refractivity (Wildman–Crippen MR) is 50.4 cm³/mol. The van der Waals surface area contributed by atoms with Crippen LogP contribution in [0.2, 0.25) is 5.02 Å². The molecular formula is C9H11ClN2O. The largest absolute Gasteiger partial charge is 0.393 e. The van der Waals surface area contributed by atoms with Gasteiger partial charge in [0, 0.05) is 17.9 Å². The van der Waals surface area contributed by atoms with Crippen LogP contribution in [0.3, 0.4) is 0 Å². The topological polar surface area (TPSA) is 59.1 Å². The van der Waals surface area contributed by atoms with E-state index in [9.17, 15) is 5.11 Å². The first-order chi connectivity index (χ1) is 6.12. The van der Waals surface area contributed by atoms with Crippen molar-refractivity contribution in [3.63, 3.8) is 0 Å². The molecule has 0 aliphatic heterocycles. The monoisotopic (exact) mass is 198 g/mol. The lowest BCUT2D eigenvalue weighted by molar-refractivity contribution is 0.0209. The van der Waals surface area contributed by atoms with E-state index in [-0.39, 0.29) is 6.10 Å². The Hall–Kier alpha value is -0.640. The number of aromatic nitrogens is 1. The first kappa shape index (κ1) is 8.94. The Morgan fingerprint density at radius 1 is 1.62 bits per heavy atom. The molecule has 13 heavy (non-hydrogen) atoms. The van der Waals surface area contributed by atoms with Gasteiger partial charge in [0.15, 0.2) is 0 Å². The van der Waals surface area contributed by atoms with Crippen molar-refractivity contribution in [2.24, 2.45) is 5.73 Å². The van der Waals surface area contributed by atoms with Gasteiger partial charge in [0.05, 0.1) is 11.1 Å². The van der Waals surface area contributed by atoms with E-state index in [1.807, 2.05) is 6.07 Å². The minimum absolute atomic E-state index is 0.283. The zero-order valence-electron chi connectivity index (χ0n) is 7.07. The van der Waals surface area contributed by atoms with Crippen molar-refractivity contribution in [2.75, 3.05) is 0 Å². The maximum Gasteiger partial charge on any atom is 0.0639 e. The summed E-state index contributed by atoms with van der Waals surface area (Å²) in [4.78, 5) is 3.89. The Kier molecular flexibility index (Phi) is 2.02. The van der Waals surface area contributed by atoms with Gasteiger partial charge in [0.2, 0.25) is 0 Å². The van der Waals surface area contributed by atoms with Crippen molar-refractivity contribution in [3.8, 4) is 0 Å². The summed E-state index contributed by atoms with van der Waals surface area (Å²) in [6, 6.07) is 1.81. The number of hydrogen-bond donors (Lipinski definition) is 2. The molecule has 3 N–H and O–H groups in total. The Labute approximate surface area is 81.5 Å². The zero-order valence-corrected chi connectivity index (χ0v) is 7.83. The number of hydrogen-bond acceptors (Lipinski definition) is 3. The Balaban J connectivity index is 2.31. The fourth-order valence-electron chi connectivity index (χ4n) is 1.78.